The van der Waals surface area contributed by atoms with E-state index in [-0.39, 0.29) is 30.7 Å². The average Bonchev–Trinajstić information content (AvgIpc) is 2.68. The molecule has 7 heteroatoms. The number of hydrogen-bond acceptors (Lipinski definition) is 4. The van der Waals surface area contributed by atoms with Crippen molar-refractivity contribution in [2.45, 2.75) is 26.2 Å². The smallest absolute Gasteiger partial charge is 0.242 e. The van der Waals surface area contributed by atoms with Gasteiger partial charge in [-0.15, -0.1) is 0 Å². The van der Waals surface area contributed by atoms with Gasteiger partial charge in [-0.1, -0.05) is 43.7 Å². The van der Waals surface area contributed by atoms with Crippen LogP contribution in [0.2, 0.25) is 0 Å². The zero-order chi connectivity index (χ0) is 19.5. The number of amides is 3. The Labute approximate surface area is 161 Å². The summed E-state index contributed by atoms with van der Waals surface area (Å²) in [4.78, 5) is 39.9. The lowest BCUT2D eigenvalue weighted by Gasteiger charge is -2.34. The van der Waals surface area contributed by atoms with E-state index in [2.05, 4.69) is 22.5 Å². The molecule has 0 bridgehead atoms. The van der Waals surface area contributed by atoms with Gasteiger partial charge in [-0.25, -0.2) is 0 Å². The highest BCUT2D eigenvalue weighted by Gasteiger charge is 2.22. The van der Waals surface area contributed by atoms with Crippen molar-refractivity contribution in [3.8, 4) is 0 Å². The van der Waals surface area contributed by atoms with Crippen molar-refractivity contribution < 1.29 is 14.4 Å². The zero-order valence-corrected chi connectivity index (χ0v) is 16.1. The van der Waals surface area contributed by atoms with Crippen molar-refractivity contribution in [1.29, 1.82) is 0 Å². The lowest BCUT2D eigenvalue weighted by atomic mass is 10.1. The van der Waals surface area contributed by atoms with E-state index in [1.54, 1.807) is 4.90 Å². The summed E-state index contributed by atoms with van der Waals surface area (Å²) in [5, 5.41) is 5.60. The Morgan fingerprint density at radius 1 is 0.963 bits per heavy atom. The van der Waals surface area contributed by atoms with Crippen LogP contribution >= 0.6 is 0 Å². The topological polar surface area (TPSA) is 81.8 Å². The van der Waals surface area contributed by atoms with Crippen molar-refractivity contribution >= 4 is 17.7 Å². The molecule has 1 aliphatic heterocycles. The second kappa shape index (κ2) is 11.3. The van der Waals surface area contributed by atoms with Gasteiger partial charge in [0.15, 0.2) is 0 Å². The standard InChI is InChI=1S/C20H30N4O3/c1-2-3-9-21-19(26)16-23-10-12-24(13-11-23)20(27)15-22-18(25)14-17-7-5-4-6-8-17/h4-8H,2-3,9-16H2,1H3,(H,21,26)(H,22,25). The fourth-order valence-corrected chi connectivity index (χ4v) is 2.95. The number of carbonyl (C=O) groups is 3. The van der Waals surface area contributed by atoms with E-state index in [9.17, 15) is 14.4 Å². The van der Waals surface area contributed by atoms with Crippen LogP contribution < -0.4 is 10.6 Å². The SMILES string of the molecule is CCCCNC(=O)CN1CCN(C(=O)CNC(=O)Cc2ccccc2)CC1. The molecule has 148 valence electrons. The minimum atomic E-state index is -0.156. The van der Waals surface area contributed by atoms with E-state index in [4.69, 9.17) is 0 Å². The fraction of sp³-hybridized carbons (Fsp3) is 0.550. The molecular weight excluding hydrogens is 344 g/mol. The summed E-state index contributed by atoms with van der Waals surface area (Å²) < 4.78 is 0. The molecule has 1 aromatic carbocycles. The van der Waals surface area contributed by atoms with Gasteiger partial charge in [-0.3, -0.25) is 19.3 Å². The third kappa shape index (κ3) is 7.78. The molecule has 0 saturated carbocycles. The van der Waals surface area contributed by atoms with E-state index >= 15 is 0 Å². The van der Waals surface area contributed by atoms with Crippen molar-refractivity contribution in [3.05, 3.63) is 35.9 Å². The van der Waals surface area contributed by atoms with Gasteiger partial charge in [0.25, 0.3) is 0 Å². The van der Waals surface area contributed by atoms with E-state index in [1.807, 2.05) is 30.3 Å². The summed E-state index contributed by atoms with van der Waals surface area (Å²) in [6.07, 6.45) is 2.32. The second-order valence-corrected chi connectivity index (χ2v) is 6.80. The van der Waals surface area contributed by atoms with E-state index in [1.165, 1.54) is 0 Å². The maximum atomic E-state index is 12.3. The summed E-state index contributed by atoms with van der Waals surface area (Å²) in [6, 6.07) is 9.45. The van der Waals surface area contributed by atoms with Crippen LogP contribution in [0.25, 0.3) is 0 Å². The van der Waals surface area contributed by atoms with Gasteiger partial charge in [0.1, 0.15) is 0 Å². The van der Waals surface area contributed by atoms with E-state index < -0.39 is 0 Å². The van der Waals surface area contributed by atoms with Crippen LogP contribution in [0.15, 0.2) is 30.3 Å². The Kier molecular flexibility index (Phi) is 8.77. The van der Waals surface area contributed by atoms with Gasteiger partial charge in [-0.2, -0.15) is 0 Å². The Hall–Kier alpha value is -2.41. The normalized spacial score (nSPS) is 14.6. The van der Waals surface area contributed by atoms with Gasteiger partial charge in [0, 0.05) is 32.7 Å². The Bertz CT molecular complexity index is 613. The maximum absolute atomic E-state index is 12.3. The first-order valence-electron chi connectivity index (χ1n) is 9.66. The highest BCUT2D eigenvalue weighted by atomic mass is 16.2. The number of hydrogen-bond donors (Lipinski definition) is 2. The Balaban J connectivity index is 1.63. The lowest BCUT2D eigenvalue weighted by molar-refractivity contribution is -0.134. The molecule has 27 heavy (non-hydrogen) atoms. The van der Waals surface area contributed by atoms with E-state index in [0.717, 1.165) is 24.9 Å². The molecular formula is C20H30N4O3. The van der Waals surface area contributed by atoms with Crippen LogP contribution in [0.3, 0.4) is 0 Å². The van der Waals surface area contributed by atoms with Gasteiger partial charge >= 0.3 is 0 Å². The average molecular weight is 374 g/mol. The molecule has 1 heterocycles. The number of nitrogens with zero attached hydrogens (tertiary/aromatic N) is 2. The quantitative estimate of drug-likeness (QED) is 0.614. The molecule has 2 N–H and O–H groups in total. The molecule has 3 amide bonds. The molecule has 1 aliphatic rings. The van der Waals surface area contributed by atoms with Crippen LogP contribution in [0, 0.1) is 0 Å². The van der Waals surface area contributed by atoms with Crippen molar-refractivity contribution in [3.63, 3.8) is 0 Å². The first kappa shape index (κ1) is 20.9. The number of unbranched alkanes of at least 4 members (excludes halogenated alkanes) is 1. The number of piperazine rings is 1. The predicted molar refractivity (Wildman–Crippen MR) is 104 cm³/mol. The molecule has 2 rings (SSSR count). The third-order valence-corrected chi connectivity index (χ3v) is 4.59. The fourth-order valence-electron chi connectivity index (χ4n) is 2.95. The first-order valence-corrected chi connectivity index (χ1v) is 9.66. The van der Waals surface area contributed by atoms with Crippen LogP contribution in [-0.4, -0.2) is 73.3 Å². The number of benzene rings is 1. The molecule has 0 aromatic heterocycles. The predicted octanol–water partition coefficient (Wildman–Crippen LogP) is 0.406. The van der Waals surface area contributed by atoms with Crippen LogP contribution in [-0.2, 0) is 20.8 Å². The number of rotatable bonds is 9. The molecule has 0 spiro atoms. The molecule has 1 fully saturated rings. The molecule has 7 nitrogen and oxygen atoms in total. The molecule has 1 aromatic rings. The summed E-state index contributed by atoms with van der Waals surface area (Å²) in [6.45, 7) is 5.70. The third-order valence-electron chi connectivity index (χ3n) is 4.59. The summed E-state index contributed by atoms with van der Waals surface area (Å²) in [5.41, 5.74) is 0.924. The zero-order valence-electron chi connectivity index (χ0n) is 16.1. The van der Waals surface area contributed by atoms with Gasteiger partial charge in [0.2, 0.25) is 17.7 Å². The number of nitrogens with one attached hydrogen (secondary N) is 2. The molecule has 0 radical (unpaired) electrons. The van der Waals surface area contributed by atoms with Gasteiger partial charge < -0.3 is 15.5 Å². The largest absolute Gasteiger partial charge is 0.355 e. The minimum absolute atomic E-state index is 0.0170. The maximum Gasteiger partial charge on any atom is 0.242 e. The van der Waals surface area contributed by atoms with Gasteiger partial charge in [-0.05, 0) is 12.0 Å². The second-order valence-electron chi connectivity index (χ2n) is 6.80. The van der Waals surface area contributed by atoms with Crippen LogP contribution in [0.1, 0.15) is 25.3 Å². The first-order chi connectivity index (χ1) is 13.1. The molecule has 0 aliphatic carbocycles. The Morgan fingerprint density at radius 3 is 2.33 bits per heavy atom. The molecule has 1 saturated heterocycles. The van der Waals surface area contributed by atoms with Crippen molar-refractivity contribution in [2.75, 3.05) is 45.8 Å². The molecule has 0 atom stereocenters. The van der Waals surface area contributed by atoms with Crippen LogP contribution in [0.5, 0.6) is 0 Å². The highest BCUT2D eigenvalue weighted by Crippen LogP contribution is 2.02. The minimum Gasteiger partial charge on any atom is -0.355 e. The lowest BCUT2D eigenvalue weighted by Crippen LogP contribution is -2.53. The van der Waals surface area contributed by atoms with Crippen LogP contribution in [0.4, 0.5) is 0 Å². The van der Waals surface area contributed by atoms with E-state index in [0.29, 0.717) is 32.7 Å². The summed E-state index contributed by atoms with van der Waals surface area (Å²) in [5.74, 6) is -0.197. The molecule has 0 unspecified atom stereocenters. The summed E-state index contributed by atoms with van der Waals surface area (Å²) >= 11 is 0. The summed E-state index contributed by atoms with van der Waals surface area (Å²) in [7, 11) is 0. The monoisotopic (exact) mass is 374 g/mol. The van der Waals surface area contributed by atoms with Crippen molar-refractivity contribution in [1.82, 2.24) is 20.4 Å². The Morgan fingerprint density at radius 2 is 1.67 bits per heavy atom. The van der Waals surface area contributed by atoms with Crippen molar-refractivity contribution in [2.24, 2.45) is 0 Å². The number of carbonyl (C=O) groups excluding carboxylic acids is 3. The van der Waals surface area contributed by atoms with Gasteiger partial charge in [0.05, 0.1) is 19.5 Å². The highest BCUT2D eigenvalue weighted by molar-refractivity contribution is 5.85.